The molecule has 0 spiro atoms. The van der Waals surface area contributed by atoms with E-state index in [-0.39, 0.29) is 22.9 Å². The molecule has 0 unspecified atom stereocenters. The highest BCUT2D eigenvalue weighted by molar-refractivity contribution is 8.00. The molecule has 10 heteroatoms. The van der Waals surface area contributed by atoms with Crippen molar-refractivity contribution in [3.05, 3.63) is 141 Å². The van der Waals surface area contributed by atoms with Gasteiger partial charge in [0.1, 0.15) is 5.70 Å². The van der Waals surface area contributed by atoms with Gasteiger partial charge in [0.05, 0.1) is 15.7 Å². The number of nitro groups is 1. The Morgan fingerprint density at radius 3 is 2.27 bits per heavy atom. The molecule has 4 rings (SSSR count). The van der Waals surface area contributed by atoms with E-state index in [1.807, 2.05) is 6.07 Å². The summed E-state index contributed by atoms with van der Waals surface area (Å²) < 4.78 is 0. The normalized spacial score (nSPS) is 11.0. The van der Waals surface area contributed by atoms with Gasteiger partial charge in [-0.15, -0.1) is 11.8 Å². The lowest BCUT2D eigenvalue weighted by atomic mass is 10.1. The van der Waals surface area contributed by atoms with Crippen LogP contribution in [0.1, 0.15) is 26.3 Å². The van der Waals surface area contributed by atoms with Gasteiger partial charge in [0.2, 0.25) is 0 Å². The fraction of sp³-hybridized carbons (Fsp3) is 0.0333. The first kappa shape index (κ1) is 28.3. The van der Waals surface area contributed by atoms with Gasteiger partial charge < -0.3 is 10.6 Å². The van der Waals surface area contributed by atoms with E-state index in [0.717, 1.165) is 4.90 Å². The average molecular weight is 572 g/mol. The molecule has 0 radical (unpaired) electrons. The lowest BCUT2D eigenvalue weighted by Gasteiger charge is -2.12. The highest BCUT2D eigenvalue weighted by Crippen LogP contribution is 2.25. The van der Waals surface area contributed by atoms with Crippen LogP contribution in [0.15, 0.2) is 114 Å². The minimum atomic E-state index is -0.600. The van der Waals surface area contributed by atoms with Crippen LogP contribution in [0.4, 0.5) is 11.4 Å². The van der Waals surface area contributed by atoms with Gasteiger partial charge in [0.15, 0.2) is 5.78 Å². The van der Waals surface area contributed by atoms with Crippen LogP contribution in [0.5, 0.6) is 0 Å². The van der Waals surface area contributed by atoms with E-state index in [1.165, 1.54) is 42.1 Å². The number of ketones is 1. The molecule has 0 aliphatic rings. The topological polar surface area (TPSA) is 118 Å². The standard InChI is InChI=1S/C30H22ClN3O5S/c31-26-12-5-4-11-25(26)28(35)19-40-24-10-6-9-22(18-24)32-30(37)27(33-29(36)21-7-2-1-3-8-21)17-20-13-15-23(16-14-20)34(38)39/h1-18H,19H2,(H,32,37)(H,33,36)/b27-17-. The second kappa shape index (κ2) is 13.4. The first-order valence-corrected chi connectivity index (χ1v) is 13.3. The van der Waals surface area contributed by atoms with Crippen molar-refractivity contribution in [2.45, 2.75) is 4.90 Å². The molecule has 0 saturated carbocycles. The number of Topliss-reactive ketones (excluding diaryl/α,β-unsaturated/α-hetero) is 1. The van der Waals surface area contributed by atoms with Crippen molar-refractivity contribution in [2.24, 2.45) is 0 Å². The average Bonchev–Trinajstić information content (AvgIpc) is 2.96. The molecule has 0 aliphatic heterocycles. The van der Waals surface area contributed by atoms with Gasteiger partial charge in [-0.1, -0.05) is 48.0 Å². The molecule has 0 saturated heterocycles. The molecule has 2 amide bonds. The van der Waals surface area contributed by atoms with E-state index in [0.29, 0.717) is 27.4 Å². The number of thioether (sulfide) groups is 1. The van der Waals surface area contributed by atoms with Crippen molar-refractivity contribution < 1.29 is 19.3 Å². The fourth-order valence-corrected chi connectivity index (χ4v) is 4.66. The quantitative estimate of drug-likeness (QED) is 0.0724. The number of carbonyl (C=O) groups excluding carboxylic acids is 3. The minimum Gasteiger partial charge on any atom is -0.321 e. The zero-order valence-corrected chi connectivity index (χ0v) is 22.4. The summed E-state index contributed by atoms with van der Waals surface area (Å²) in [6, 6.07) is 27.8. The Hall–Kier alpha value is -4.73. The summed E-state index contributed by atoms with van der Waals surface area (Å²) in [7, 11) is 0. The predicted octanol–water partition coefficient (Wildman–Crippen LogP) is 6.63. The number of nitro benzene ring substituents is 1. The summed E-state index contributed by atoms with van der Waals surface area (Å²) in [6.07, 6.45) is 1.43. The lowest BCUT2D eigenvalue weighted by Crippen LogP contribution is -2.30. The maximum Gasteiger partial charge on any atom is 0.272 e. The van der Waals surface area contributed by atoms with E-state index in [1.54, 1.807) is 72.8 Å². The van der Waals surface area contributed by atoms with Crippen LogP contribution in [-0.2, 0) is 4.79 Å². The van der Waals surface area contributed by atoms with Gasteiger partial charge in [-0.2, -0.15) is 0 Å². The first-order chi connectivity index (χ1) is 19.3. The Bertz CT molecular complexity index is 1590. The largest absolute Gasteiger partial charge is 0.321 e. The molecule has 200 valence electrons. The number of nitrogens with zero attached hydrogens (tertiary/aromatic N) is 1. The summed E-state index contributed by atoms with van der Waals surface area (Å²) in [5.74, 6) is -1.07. The van der Waals surface area contributed by atoms with Crippen molar-refractivity contribution in [1.82, 2.24) is 5.32 Å². The van der Waals surface area contributed by atoms with Crippen LogP contribution in [0, 0.1) is 10.1 Å². The summed E-state index contributed by atoms with van der Waals surface area (Å²) in [6.45, 7) is 0. The molecule has 4 aromatic rings. The van der Waals surface area contributed by atoms with Crippen molar-refractivity contribution in [3.63, 3.8) is 0 Å². The second-order valence-electron chi connectivity index (χ2n) is 8.40. The van der Waals surface area contributed by atoms with Crippen molar-refractivity contribution in [2.75, 3.05) is 11.1 Å². The maximum absolute atomic E-state index is 13.3. The summed E-state index contributed by atoms with van der Waals surface area (Å²) in [5, 5.41) is 16.8. The zero-order chi connectivity index (χ0) is 28.5. The van der Waals surface area contributed by atoms with Crippen LogP contribution in [0.25, 0.3) is 6.08 Å². The number of carbonyl (C=O) groups is 3. The third-order valence-corrected chi connectivity index (χ3v) is 6.90. The first-order valence-electron chi connectivity index (χ1n) is 11.9. The Balaban J connectivity index is 1.51. The number of hydrogen-bond acceptors (Lipinski definition) is 6. The highest BCUT2D eigenvalue weighted by atomic mass is 35.5. The van der Waals surface area contributed by atoms with Crippen LogP contribution < -0.4 is 10.6 Å². The Morgan fingerprint density at radius 1 is 0.875 bits per heavy atom. The number of benzene rings is 4. The van der Waals surface area contributed by atoms with E-state index < -0.39 is 16.7 Å². The summed E-state index contributed by atoms with van der Waals surface area (Å²) in [5.41, 5.74) is 1.56. The third kappa shape index (κ3) is 7.66. The molecule has 4 aromatic carbocycles. The van der Waals surface area contributed by atoms with E-state index in [4.69, 9.17) is 11.6 Å². The van der Waals surface area contributed by atoms with E-state index in [2.05, 4.69) is 10.6 Å². The monoisotopic (exact) mass is 571 g/mol. The third-order valence-electron chi connectivity index (χ3n) is 5.58. The second-order valence-corrected chi connectivity index (χ2v) is 9.86. The molecular formula is C30H22ClN3O5S. The smallest absolute Gasteiger partial charge is 0.272 e. The molecule has 0 aromatic heterocycles. The van der Waals surface area contributed by atoms with Crippen LogP contribution in [0.2, 0.25) is 5.02 Å². The van der Waals surface area contributed by atoms with Crippen molar-refractivity contribution in [1.29, 1.82) is 0 Å². The van der Waals surface area contributed by atoms with E-state index in [9.17, 15) is 24.5 Å². The number of non-ortho nitro benzene ring substituents is 1. The fourth-order valence-electron chi connectivity index (χ4n) is 3.58. The lowest BCUT2D eigenvalue weighted by molar-refractivity contribution is -0.384. The van der Waals surface area contributed by atoms with Gasteiger partial charge >= 0.3 is 0 Å². The molecule has 40 heavy (non-hydrogen) atoms. The highest BCUT2D eigenvalue weighted by Gasteiger charge is 2.16. The van der Waals surface area contributed by atoms with Gasteiger partial charge in [0, 0.05) is 33.8 Å². The van der Waals surface area contributed by atoms with Crippen molar-refractivity contribution >= 4 is 58.4 Å². The number of anilines is 1. The van der Waals surface area contributed by atoms with E-state index >= 15 is 0 Å². The molecule has 0 fully saturated rings. The molecule has 0 bridgehead atoms. The molecule has 2 N–H and O–H groups in total. The number of rotatable bonds is 10. The summed E-state index contributed by atoms with van der Waals surface area (Å²) >= 11 is 7.42. The Morgan fingerprint density at radius 2 is 1.57 bits per heavy atom. The zero-order valence-electron chi connectivity index (χ0n) is 20.9. The summed E-state index contributed by atoms with van der Waals surface area (Å²) in [4.78, 5) is 49.9. The van der Waals surface area contributed by atoms with Crippen LogP contribution >= 0.6 is 23.4 Å². The molecular weight excluding hydrogens is 550 g/mol. The number of amides is 2. The predicted molar refractivity (Wildman–Crippen MR) is 157 cm³/mol. The van der Waals surface area contributed by atoms with Gasteiger partial charge in [-0.3, -0.25) is 24.5 Å². The molecule has 0 aliphatic carbocycles. The van der Waals surface area contributed by atoms with Gasteiger partial charge in [-0.05, 0) is 66.2 Å². The van der Waals surface area contributed by atoms with Crippen LogP contribution in [0.3, 0.4) is 0 Å². The van der Waals surface area contributed by atoms with Gasteiger partial charge in [-0.25, -0.2) is 0 Å². The van der Waals surface area contributed by atoms with Gasteiger partial charge in [0.25, 0.3) is 17.5 Å². The van der Waals surface area contributed by atoms with Crippen LogP contribution in [-0.4, -0.2) is 28.3 Å². The molecule has 8 nitrogen and oxygen atoms in total. The Labute approximate surface area is 239 Å². The number of halogens is 1. The Kier molecular flexibility index (Phi) is 9.45. The van der Waals surface area contributed by atoms with Crippen molar-refractivity contribution in [3.8, 4) is 0 Å². The number of hydrogen-bond donors (Lipinski definition) is 2. The molecule has 0 heterocycles. The molecule has 0 atom stereocenters. The SMILES string of the molecule is O=C(Nc1cccc(SCC(=O)c2ccccc2Cl)c1)/C(=C/c1ccc([N+](=O)[O-])cc1)NC(=O)c1ccccc1. The minimum absolute atomic E-state index is 0.0605. The maximum atomic E-state index is 13.3. The number of nitrogens with one attached hydrogen (secondary N) is 2.